The third-order valence-electron chi connectivity index (χ3n) is 4.50. The van der Waals surface area contributed by atoms with Gasteiger partial charge in [0.2, 0.25) is 11.5 Å². The maximum atomic E-state index is 12.9. The summed E-state index contributed by atoms with van der Waals surface area (Å²) in [6, 6.07) is 5.19. The molecular weight excluding hydrogens is 378 g/mol. The average molecular weight is 405 g/mol. The third kappa shape index (κ3) is 4.42. The molecule has 0 spiro atoms. The van der Waals surface area contributed by atoms with Gasteiger partial charge in [-0.3, -0.25) is 4.79 Å². The maximum Gasteiger partial charge on any atom is 0.252 e. The fraction of sp³-hybridized carbons (Fsp3) is 0.381. The average Bonchev–Trinajstić information content (AvgIpc) is 2.75. The van der Waals surface area contributed by atoms with Crippen molar-refractivity contribution in [1.82, 2.24) is 5.32 Å². The zero-order chi connectivity index (χ0) is 21.6. The molecule has 0 aliphatic carbocycles. The molecule has 0 aromatic heterocycles. The molecule has 2 rings (SSSR count). The molecule has 0 heterocycles. The van der Waals surface area contributed by atoms with Crippen LogP contribution in [-0.2, 0) is 6.54 Å². The highest BCUT2D eigenvalue weighted by molar-refractivity contribution is 5.97. The van der Waals surface area contributed by atoms with Crippen LogP contribution >= 0.6 is 0 Å². The van der Waals surface area contributed by atoms with E-state index in [0.717, 1.165) is 5.56 Å². The fourth-order valence-electron chi connectivity index (χ4n) is 3.05. The predicted octanol–water partition coefficient (Wildman–Crippen LogP) is 2.98. The van der Waals surface area contributed by atoms with E-state index in [4.69, 9.17) is 28.4 Å². The van der Waals surface area contributed by atoms with Gasteiger partial charge in [-0.05, 0) is 30.7 Å². The van der Waals surface area contributed by atoms with Crippen LogP contribution in [0.3, 0.4) is 0 Å². The van der Waals surface area contributed by atoms with E-state index in [-0.39, 0.29) is 12.5 Å². The van der Waals surface area contributed by atoms with Gasteiger partial charge in [0.15, 0.2) is 23.0 Å². The van der Waals surface area contributed by atoms with Crippen LogP contribution in [0.1, 0.15) is 21.5 Å². The molecule has 8 nitrogen and oxygen atoms in total. The lowest BCUT2D eigenvalue weighted by atomic mass is 10.0. The second-order valence-corrected chi connectivity index (χ2v) is 6.03. The Kier molecular flexibility index (Phi) is 7.41. The van der Waals surface area contributed by atoms with Crippen LogP contribution in [-0.4, -0.2) is 48.6 Å². The van der Waals surface area contributed by atoms with Crippen LogP contribution in [0.25, 0.3) is 0 Å². The van der Waals surface area contributed by atoms with Crippen molar-refractivity contribution >= 4 is 5.91 Å². The van der Waals surface area contributed by atoms with Crippen LogP contribution in [0.15, 0.2) is 18.2 Å². The van der Waals surface area contributed by atoms with Crippen molar-refractivity contribution in [2.75, 3.05) is 42.7 Å². The Labute approximate surface area is 170 Å². The van der Waals surface area contributed by atoms with Gasteiger partial charge in [-0.1, -0.05) is 0 Å². The Morgan fingerprint density at radius 3 is 1.66 bits per heavy atom. The lowest BCUT2D eigenvalue weighted by Crippen LogP contribution is -2.24. The molecule has 0 unspecified atom stereocenters. The van der Waals surface area contributed by atoms with Crippen molar-refractivity contribution in [2.24, 2.45) is 0 Å². The van der Waals surface area contributed by atoms with Crippen LogP contribution in [0.5, 0.6) is 34.5 Å². The number of hydrogen-bond acceptors (Lipinski definition) is 7. The Hall–Kier alpha value is -3.29. The lowest BCUT2D eigenvalue weighted by Gasteiger charge is -2.18. The summed E-state index contributed by atoms with van der Waals surface area (Å²) in [4.78, 5) is 12.9. The SMILES string of the molecule is COc1cc(CNC(=O)c2cc(OC)c(OC)c(OC)c2C)cc(OC)c1OC. The van der Waals surface area contributed by atoms with Crippen LogP contribution in [0, 0.1) is 6.92 Å². The molecule has 8 heteroatoms. The van der Waals surface area contributed by atoms with Gasteiger partial charge in [-0.2, -0.15) is 0 Å². The second-order valence-electron chi connectivity index (χ2n) is 6.03. The van der Waals surface area contributed by atoms with Gasteiger partial charge in [-0.25, -0.2) is 0 Å². The highest BCUT2D eigenvalue weighted by Gasteiger charge is 2.22. The molecule has 2 aromatic carbocycles. The third-order valence-corrected chi connectivity index (χ3v) is 4.50. The van der Waals surface area contributed by atoms with Gasteiger partial charge < -0.3 is 33.7 Å². The first kappa shape index (κ1) is 22.0. The summed E-state index contributed by atoms with van der Waals surface area (Å²) in [5, 5.41) is 2.89. The van der Waals surface area contributed by atoms with Crippen molar-refractivity contribution in [3.8, 4) is 34.5 Å². The number of methoxy groups -OCH3 is 6. The van der Waals surface area contributed by atoms with E-state index < -0.39 is 0 Å². The van der Waals surface area contributed by atoms with Crippen molar-refractivity contribution in [3.63, 3.8) is 0 Å². The monoisotopic (exact) mass is 405 g/mol. The molecule has 29 heavy (non-hydrogen) atoms. The quantitative estimate of drug-likeness (QED) is 0.687. The van der Waals surface area contributed by atoms with E-state index in [0.29, 0.717) is 45.6 Å². The van der Waals surface area contributed by atoms with Gasteiger partial charge in [0.05, 0.1) is 42.7 Å². The van der Waals surface area contributed by atoms with Crippen LogP contribution < -0.4 is 33.7 Å². The predicted molar refractivity (Wildman–Crippen MR) is 108 cm³/mol. The van der Waals surface area contributed by atoms with Crippen molar-refractivity contribution in [3.05, 3.63) is 34.9 Å². The molecule has 0 aliphatic rings. The zero-order valence-electron chi connectivity index (χ0n) is 17.8. The molecule has 0 bridgehead atoms. The fourth-order valence-corrected chi connectivity index (χ4v) is 3.05. The Bertz CT molecular complexity index is 855. The largest absolute Gasteiger partial charge is 0.493 e. The van der Waals surface area contributed by atoms with Gasteiger partial charge in [0.1, 0.15) is 0 Å². The van der Waals surface area contributed by atoms with Gasteiger partial charge in [0.25, 0.3) is 5.91 Å². The van der Waals surface area contributed by atoms with Crippen molar-refractivity contribution < 1.29 is 33.2 Å². The molecule has 0 aliphatic heterocycles. The zero-order valence-corrected chi connectivity index (χ0v) is 17.8. The number of amides is 1. The van der Waals surface area contributed by atoms with Crippen LogP contribution in [0.4, 0.5) is 0 Å². The topological polar surface area (TPSA) is 84.5 Å². The molecule has 0 atom stereocenters. The van der Waals surface area contributed by atoms with E-state index in [9.17, 15) is 4.79 Å². The first-order chi connectivity index (χ1) is 13.9. The molecule has 0 fully saturated rings. The maximum absolute atomic E-state index is 12.9. The van der Waals surface area contributed by atoms with Gasteiger partial charge in [0, 0.05) is 17.7 Å². The molecule has 1 N–H and O–H groups in total. The summed E-state index contributed by atoms with van der Waals surface area (Å²) in [6.07, 6.45) is 0. The first-order valence-corrected chi connectivity index (χ1v) is 8.82. The number of rotatable bonds is 9. The van der Waals surface area contributed by atoms with Crippen molar-refractivity contribution in [1.29, 1.82) is 0 Å². The molecule has 1 amide bonds. The highest BCUT2D eigenvalue weighted by Crippen LogP contribution is 2.42. The van der Waals surface area contributed by atoms with E-state index in [2.05, 4.69) is 5.32 Å². The Balaban J connectivity index is 2.32. The van der Waals surface area contributed by atoms with Crippen LogP contribution in [0.2, 0.25) is 0 Å². The van der Waals surface area contributed by atoms with E-state index in [1.807, 2.05) is 0 Å². The van der Waals surface area contributed by atoms with E-state index in [1.54, 1.807) is 39.3 Å². The minimum absolute atomic E-state index is 0.256. The molecule has 158 valence electrons. The molecule has 0 saturated heterocycles. The summed E-state index contributed by atoms with van der Waals surface area (Å²) in [5.74, 6) is 2.53. The standard InChI is InChI=1S/C21H27NO7/c1-12-14(10-17(26-4)20(29-7)18(12)27-5)21(23)22-11-13-8-15(24-2)19(28-6)16(9-13)25-3/h8-10H,11H2,1-7H3,(H,22,23). The number of carbonyl (C=O) groups excluding carboxylic acids is 1. The number of ether oxygens (including phenoxy) is 6. The van der Waals surface area contributed by atoms with Gasteiger partial charge in [-0.15, -0.1) is 0 Å². The minimum atomic E-state index is -0.282. The summed E-state index contributed by atoms with van der Waals surface area (Å²) >= 11 is 0. The van der Waals surface area contributed by atoms with Gasteiger partial charge >= 0.3 is 0 Å². The summed E-state index contributed by atoms with van der Waals surface area (Å²) < 4.78 is 32.1. The number of hydrogen-bond donors (Lipinski definition) is 1. The molecule has 0 saturated carbocycles. The smallest absolute Gasteiger partial charge is 0.252 e. The number of benzene rings is 2. The summed E-state index contributed by atoms with van der Waals surface area (Å²) in [5.41, 5.74) is 1.86. The lowest BCUT2D eigenvalue weighted by molar-refractivity contribution is 0.0949. The second kappa shape index (κ2) is 9.77. The van der Waals surface area contributed by atoms with Crippen molar-refractivity contribution in [2.45, 2.75) is 13.5 Å². The minimum Gasteiger partial charge on any atom is -0.493 e. The molecular formula is C21H27NO7. The molecule has 0 radical (unpaired) electrons. The molecule has 2 aromatic rings. The number of nitrogens with one attached hydrogen (secondary N) is 1. The Morgan fingerprint density at radius 2 is 1.21 bits per heavy atom. The summed E-state index contributed by atoms with van der Waals surface area (Å²) in [6.45, 7) is 2.04. The summed E-state index contributed by atoms with van der Waals surface area (Å²) in [7, 11) is 9.16. The normalized spacial score (nSPS) is 10.2. The highest BCUT2D eigenvalue weighted by atomic mass is 16.5. The number of carbonyl (C=O) groups is 1. The first-order valence-electron chi connectivity index (χ1n) is 8.82. The van der Waals surface area contributed by atoms with E-state index in [1.165, 1.54) is 28.4 Å². The van der Waals surface area contributed by atoms with E-state index >= 15 is 0 Å². The Morgan fingerprint density at radius 1 is 0.724 bits per heavy atom.